The number of fused-ring (bicyclic) bond motifs is 1. The van der Waals surface area contributed by atoms with Crippen LogP contribution < -0.4 is 21.1 Å². The first-order valence-corrected chi connectivity index (χ1v) is 12.7. The van der Waals surface area contributed by atoms with Gasteiger partial charge in [0.05, 0.1) is 28.3 Å². The van der Waals surface area contributed by atoms with E-state index in [1.165, 1.54) is 0 Å². The summed E-state index contributed by atoms with van der Waals surface area (Å²) in [6, 6.07) is 4.77. The third-order valence-electron chi connectivity index (χ3n) is 7.16. The number of ether oxygens (including phenoxy) is 1. The van der Waals surface area contributed by atoms with Crippen molar-refractivity contribution in [2.24, 2.45) is 5.92 Å². The summed E-state index contributed by atoms with van der Waals surface area (Å²) in [6.45, 7) is 4.11. The molecule has 182 valence electrons. The van der Waals surface area contributed by atoms with Gasteiger partial charge in [0.25, 0.3) is 0 Å². The van der Waals surface area contributed by atoms with E-state index in [2.05, 4.69) is 38.2 Å². The lowest BCUT2D eigenvalue weighted by atomic mass is 9.78. The second-order valence-electron chi connectivity index (χ2n) is 9.30. The van der Waals surface area contributed by atoms with Crippen LogP contribution in [-0.4, -0.2) is 47.7 Å². The van der Waals surface area contributed by atoms with Crippen LogP contribution in [0.4, 0.5) is 5.82 Å². The summed E-state index contributed by atoms with van der Waals surface area (Å²) in [6.07, 6.45) is 8.53. The number of anilines is 1. The summed E-state index contributed by atoms with van der Waals surface area (Å²) in [5, 5.41) is 3.98. The summed E-state index contributed by atoms with van der Waals surface area (Å²) < 4.78 is 6.44. The van der Waals surface area contributed by atoms with E-state index in [4.69, 9.17) is 32.9 Å². The summed E-state index contributed by atoms with van der Waals surface area (Å²) in [5.41, 5.74) is 8.92. The minimum absolute atomic E-state index is 0.100. The van der Waals surface area contributed by atoms with Crippen molar-refractivity contribution in [3.63, 3.8) is 0 Å². The quantitative estimate of drug-likeness (QED) is 0.573. The number of aromatic nitrogens is 2. The minimum atomic E-state index is -0.207. The van der Waals surface area contributed by atoms with E-state index < -0.39 is 0 Å². The van der Waals surface area contributed by atoms with E-state index in [9.17, 15) is 4.79 Å². The molecule has 1 saturated carbocycles. The predicted molar refractivity (Wildman–Crippen MR) is 132 cm³/mol. The molecule has 3 N–H and O–H groups in total. The highest BCUT2D eigenvalue weighted by atomic mass is 35.5. The highest BCUT2D eigenvalue weighted by Gasteiger charge is 2.42. The Morgan fingerprint density at radius 1 is 1.12 bits per heavy atom. The first-order chi connectivity index (χ1) is 16.5. The fourth-order valence-electron chi connectivity index (χ4n) is 5.40. The Morgan fingerprint density at radius 3 is 2.71 bits per heavy atom. The molecule has 0 radical (unpaired) electrons. The van der Waals surface area contributed by atoms with Crippen molar-refractivity contribution in [2.75, 3.05) is 24.5 Å². The molecule has 1 amide bonds. The van der Waals surface area contributed by atoms with Crippen molar-refractivity contribution in [2.45, 2.75) is 56.9 Å². The van der Waals surface area contributed by atoms with Gasteiger partial charge in [-0.15, -0.1) is 0 Å². The molecule has 0 aromatic carbocycles. The highest BCUT2D eigenvalue weighted by Crippen LogP contribution is 2.41. The molecule has 5 atom stereocenters. The summed E-state index contributed by atoms with van der Waals surface area (Å²) in [7, 11) is 0. The van der Waals surface area contributed by atoms with Gasteiger partial charge in [0.1, 0.15) is 5.82 Å². The molecular formula is C24H30Cl2N6O2. The zero-order valence-electron chi connectivity index (χ0n) is 19.1. The van der Waals surface area contributed by atoms with Crippen LogP contribution in [0.3, 0.4) is 0 Å². The smallest absolute Gasteiger partial charge is 0.221 e. The Labute approximate surface area is 209 Å². The fraction of sp³-hybridized carbons (Fsp3) is 0.542. The number of carbonyl (C=O) groups is 1. The number of carbonyl (C=O) groups excluding carboxylic acids is 1. The van der Waals surface area contributed by atoms with E-state index in [0.29, 0.717) is 41.5 Å². The SMILES string of the molecule is C[C@@H](OC1CCC2NNC(c3ccc(N4CCNC(=O)CC4)nc3)C2C1)c1c(Cl)cncc1Cl. The van der Waals surface area contributed by atoms with Gasteiger partial charge in [-0.1, -0.05) is 29.3 Å². The van der Waals surface area contributed by atoms with Crippen molar-refractivity contribution in [3.05, 3.63) is 51.9 Å². The fourth-order valence-corrected chi connectivity index (χ4v) is 6.07. The van der Waals surface area contributed by atoms with Gasteiger partial charge in [-0.05, 0) is 43.7 Å². The highest BCUT2D eigenvalue weighted by molar-refractivity contribution is 6.35. The van der Waals surface area contributed by atoms with Gasteiger partial charge in [0.2, 0.25) is 5.91 Å². The second-order valence-corrected chi connectivity index (χ2v) is 10.1. The maximum atomic E-state index is 11.6. The number of nitrogens with one attached hydrogen (secondary N) is 3. The second kappa shape index (κ2) is 10.3. The summed E-state index contributed by atoms with van der Waals surface area (Å²) >= 11 is 12.7. The van der Waals surface area contributed by atoms with Gasteiger partial charge in [-0.3, -0.25) is 15.2 Å². The largest absolute Gasteiger partial charge is 0.370 e. The van der Waals surface area contributed by atoms with Crippen molar-refractivity contribution in [1.82, 2.24) is 26.1 Å². The molecule has 2 saturated heterocycles. The zero-order valence-corrected chi connectivity index (χ0v) is 20.6. The van der Waals surface area contributed by atoms with Crippen molar-refractivity contribution < 1.29 is 9.53 Å². The molecule has 0 spiro atoms. The molecule has 10 heteroatoms. The molecule has 0 bridgehead atoms. The number of hydrogen-bond acceptors (Lipinski definition) is 7. The topological polar surface area (TPSA) is 91.4 Å². The van der Waals surface area contributed by atoms with Crippen LogP contribution in [0.15, 0.2) is 30.7 Å². The van der Waals surface area contributed by atoms with E-state index in [1.807, 2.05) is 13.1 Å². The molecule has 4 heterocycles. The number of rotatable bonds is 5. The number of pyridine rings is 2. The number of hydrazine groups is 1. The lowest BCUT2D eigenvalue weighted by molar-refractivity contribution is -0.120. The molecule has 34 heavy (non-hydrogen) atoms. The van der Waals surface area contributed by atoms with Crippen LogP contribution in [0.25, 0.3) is 0 Å². The summed E-state index contributed by atoms with van der Waals surface area (Å²) in [5.74, 6) is 1.40. The first-order valence-electron chi connectivity index (χ1n) is 11.9. The number of hydrogen-bond donors (Lipinski definition) is 3. The lowest BCUT2D eigenvalue weighted by Gasteiger charge is -2.35. The van der Waals surface area contributed by atoms with Gasteiger partial charge in [0, 0.05) is 56.3 Å². The van der Waals surface area contributed by atoms with Crippen LogP contribution in [0.5, 0.6) is 0 Å². The minimum Gasteiger partial charge on any atom is -0.370 e. The Hall–Kier alpha value is -1.97. The average Bonchev–Trinajstić information content (AvgIpc) is 3.12. The number of halogens is 2. The third kappa shape index (κ3) is 5.02. The monoisotopic (exact) mass is 504 g/mol. The Bertz CT molecular complexity index is 1000. The molecule has 5 rings (SSSR count). The Kier molecular flexibility index (Phi) is 7.22. The number of nitrogens with zero attached hydrogens (tertiary/aromatic N) is 3. The van der Waals surface area contributed by atoms with E-state index in [1.54, 1.807) is 12.4 Å². The van der Waals surface area contributed by atoms with Crippen molar-refractivity contribution in [3.8, 4) is 0 Å². The molecular weight excluding hydrogens is 475 g/mol. The van der Waals surface area contributed by atoms with Gasteiger partial charge < -0.3 is 15.0 Å². The zero-order chi connectivity index (χ0) is 23.7. The van der Waals surface area contributed by atoms with Crippen molar-refractivity contribution >= 4 is 34.9 Å². The Morgan fingerprint density at radius 2 is 1.94 bits per heavy atom. The van der Waals surface area contributed by atoms with E-state index in [0.717, 1.165) is 42.8 Å². The van der Waals surface area contributed by atoms with E-state index >= 15 is 0 Å². The molecule has 4 unspecified atom stereocenters. The molecule has 8 nitrogen and oxygen atoms in total. The predicted octanol–water partition coefficient (Wildman–Crippen LogP) is 3.57. The van der Waals surface area contributed by atoms with E-state index in [-0.39, 0.29) is 24.2 Å². The van der Waals surface area contributed by atoms with Gasteiger partial charge in [0.15, 0.2) is 0 Å². The first kappa shape index (κ1) is 23.8. The lowest BCUT2D eigenvalue weighted by Crippen LogP contribution is -2.37. The van der Waals surface area contributed by atoms with Crippen LogP contribution in [0.2, 0.25) is 10.0 Å². The third-order valence-corrected chi connectivity index (χ3v) is 7.77. The van der Waals surface area contributed by atoms with Crippen LogP contribution in [0, 0.1) is 5.92 Å². The van der Waals surface area contributed by atoms with Crippen LogP contribution in [-0.2, 0) is 9.53 Å². The maximum Gasteiger partial charge on any atom is 0.221 e. The molecule has 2 aromatic heterocycles. The van der Waals surface area contributed by atoms with Gasteiger partial charge in [-0.25, -0.2) is 10.4 Å². The molecule has 1 aliphatic carbocycles. The average molecular weight is 505 g/mol. The standard InChI is InChI=1S/C24H30Cl2N6O2/c1-14(23-18(25)12-27-13-19(23)26)34-16-3-4-20-17(10-16)24(31-30-20)15-2-5-21(29-11-15)32-8-6-22(33)28-7-9-32/h2,5,11-14,16-17,20,24,30-31H,3-4,6-10H2,1H3,(H,28,33)/t14-,16?,17?,20?,24?/m1/s1. The Balaban J connectivity index is 1.24. The number of amides is 1. The van der Waals surface area contributed by atoms with Crippen molar-refractivity contribution in [1.29, 1.82) is 0 Å². The van der Waals surface area contributed by atoms with Gasteiger partial charge >= 0.3 is 0 Å². The molecule has 3 aliphatic rings. The molecule has 2 aromatic rings. The van der Waals surface area contributed by atoms with Crippen LogP contribution in [0.1, 0.15) is 55.9 Å². The van der Waals surface area contributed by atoms with Crippen LogP contribution >= 0.6 is 23.2 Å². The molecule has 3 fully saturated rings. The maximum absolute atomic E-state index is 11.6. The summed E-state index contributed by atoms with van der Waals surface area (Å²) in [4.78, 5) is 22.6. The normalized spacial score (nSPS) is 28.2. The van der Waals surface area contributed by atoms with Gasteiger partial charge in [-0.2, -0.15) is 0 Å². The molecule has 2 aliphatic heterocycles.